The van der Waals surface area contributed by atoms with Gasteiger partial charge in [-0.25, -0.2) is 14.6 Å². The van der Waals surface area contributed by atoms with Crippen LogP contribution in [0.1, 0.15) is 49.3 Å². The van der Waals surface area contributed by atoms with E-state index in [2.05, 4.69) is 15.0 Å². The van der Waals surface area contributed by atoms with Gasteiger partial charge in [0, 0.05) is 12.7 Å². The third kappa shape index (κ3) is 6.21. The fourth-order valence-corrected chi connectivity index (χ4v) is 3.08. The van der Waals surface area contributed by atoms with E-state index >= 15 is 0 Å². The first-order valence-electron chi connectivity index (χ1n) is 10.7. The molecule has 1 N–H and O–H groups in total. The molecule has 0 radical (unpaired) electrons. The summed E-state index contributed by atoms with van der Waals surface area (Å²) < 4.78 is 22.3. The van der Waals surface area contributed by atoms with Gasteiger partial charge in [0.15, 0.2) is 0 Å². The number of nitrogens with one attached hydrogen (secondary N) is 1. The highest BCUT2D eigenvalue weighted by molar-refractivity contribution is 6.56. The molecule has 9 heteroatoms. The Kier molecular flexibility index (Phi) is 7.55. The summed E-state index contributed by atoms with van der Waals surface area (Å²) >= 11 is 0. The fourth-order valence-electron chi connectivity index (χ4n) is 3.08. The van der Waals surface area contributed by atoms with Crippen molar-refractivity contribution < 1.29 is 28.4 Å². The van der Waals surface area contributed by atoms with Crippen LogP contribution in [0.5, 0.6) is 0 Å². The topological polar surface area (TPSA) is 96.0 Å². The first-order chi connectivity index (χ1) is 15.6. The molecule has 1 aliphatic rings. The number of hydrogen-bond donors (Lipinski definition) is 1. The number of benzene rings is 1. The summed E-state index contributed by atoms with van der Waals surface area (Å²) in [6, 6.07) is 12.7. The number of alkyl carbamates (subject to hydrolysis) is 1. The van der Waals surface area contributed by atoms with Crippen molar-refractivity contribution in [1.29, 1.82) is 0 Å². The normalized spacial score (nSPS) is 16.9. The molecule has 1 saturated heterocycles. The van der Waals surface area contributed by atoms with Crippen molar-refractivity contribution in [1.82, 2.24) is 10.3 Å². The Morgan fingerprint density at radius 1 is 1.06 bits per heavy atom. The Bertz CT molecular complexity index is 989. The Hall–Kier alpha value is -3.17. The number of carbonyl (C=O) groups excluding carboxylic acids is 2. The molecule has 0 aliphatic carbocycles. The molecule has 1 aromatic carbocycles. The molecule has 1 amide bonds. The van der Waals surface area contributed by atoms with Crippen LogP contribution in [0.2, 0.25) is 0 Å². The summed E-state index contributed by atoms with van der Waals surface area (Å²) in [5.74, 6) is -0.514. The number of aromatic nitrogens is 1. The van der Waals surface area contributed by atoms with E-state index in [0.717, 1.165) is 5.56 Å². The lowest BCUT2D eigenvalue weighted by atomic mass is 9.77. The molecule has 0 unspecified atom stereocenters. The van der Waals surface area contributed by atoms with E-state index in [1.807, 2.05) is 64.1 Å². The highest BCUT2D eigenvalue weighted by Gasteiger charge is 2.52. The minimum absolute atomic E-state index is 0.142. The van der Waals surface area contributed by atoms with Crippen molar-refractivity contribution in [2.45, 2.75) is 45.5 Å². The summed E-state index contributed by atoms with van der Waals surface area (Å²) in [4.78, 5) is 28.1. The van der Waals surface area contributed by atoms with E-state index in [1.165, 1.54) is 7.11 Å². The van der Waals surface area contributed by atoms with Crippen LogP contribution in [-0.2, 0) is 25.4 Å². The van der Waals surface area contributed by atoms with Crippen molar-refractivity contribution in [3.05, 3.63) is 71.0 Å². The van der Waals surface area contributed by atoms with Crippen molar-refractivity contribution >= 4 is 25.3 Å². The van der Waals surface area contributed by atoms with E-state index in [1.54, 1.807) is 18.3 Å². The van der Waals surface area contributed by atoms with Crippen LogP contribution in [-0.4, -0.2) is 49.0 Å². The Morgan fingerprint density at radius 3 is 2.30 bits per heavy atom. The van der Waals surface area contributed by atoms with Gasteiger partial charge in [-0.3, -0.25) is 0 Å². The summed E-state index contributed by atoms with van der Waals surface area (Å²) in [6.45, 7) is 8.14. The number of ether oxygens (including phenoxy) is 2. The van der Waals surface area contributed by atoms with Crippen LogP contribution in [0.4, 0.5) is 4.79 Å². The van der Waals surface area contributed by atoms with Gasteiger partial charge in [0.05, 0.1) is 18.3 Å². The highest BCUT2D eigenvalue weighted by atomic mass is 16.7. The lowest BCUT2D eigenvalue weighted by molar-refractivity contribution is 0.00578. The minimum atomic E-state index is -0.676. The molecular weight excluding hydrogens is 423 g/mol. The van der Waals surface area contributed by atoms with Crippen LogP contribution < -0.4 is 5.32 Å². The molecule has 0 atom stereocenters. The van der Waals surface area contributed by atoms with Gasteiger partial charge in [-0.05, 0) is 50.4 Å². The second-order valence-corrected chi connectivity index (χ2v) is 8.69. The third-order valence-corrected chi connectivity index (χ3v) is 5.74. The van der Waals surface area contributed by atoms with Gasteiger partial charge in [0.1, 0.15) is 12.3 Å². The lowest BCUT2D eigenvalue weighted by Gasteiger charge is -2.32. The number of rotatable bonds is 7. The number of amides is 1. The summed E-state index contributed by atoms with van der Waals surface area (Å²) in [7, 11) is 0.626. The molecule has 0 bridgehead atoms. The number of methoxy groups -OCH3 is 1. The Labute approximate surface area is 194 Å². The maximum absolute atomic E-state index is 12.3. The van der Waals surface area contributed by atoms with Crippen LogP contribution >= 0.6 is 0 Å². The monoisotopic (exact) mass is 452 g/mol. The summed E-state index contributed by atoms with van der Waals surface area (Å²) in [5, 5.41) is 2.76. The van der Waals surface area contributed by atoms with Crippen LogP contribution in [0.25, 0.3) is 6.08 Å². The molecule has 0 spiro atoms. The second-order valence-electron chi connectivity index (χ2n) is 8.69. The quantitative estimate of drug-likeness (QED) is 0.504. The zero-order chi connectivity index (χ0) is 24.1. The van der Waals surface area contributed by atoms with Gasteiger partial charge in [0.25, 0.3) is 0 Å². The van der Waals surface area contributed by atoms with Crippen LogP contribution in [0, 0.1) is 0 Å². The highest BCUT2D eigenvalue weighted by Crippen LogP contribution is 2.38. The van der Waals surface area contributed by atoms with Crippen molar-refractivity contribution in [2.24, 2.45) is 0 Å². The molecule has 174 valence electrons. The smallest absolute Gasteiger partial charge is 0.464 e. The van der Waals surface area contributed by atoms with E-state index in [9.17, 15) is 9.59 Å². The first-order valence-corrected chi connectivity index (χ1v) is 10.7. The number of carbonyl (C=O) groups is 2. The zero-order valence-electron chi connectivity index (χ0n) is 19.6. The predicted molar refractivity (Wildman–Crippen MR) is 124 cm³/mol. The Balaban J connectivity index is 1.73. The number of esters is 1. The molecule has 0 saturated carbocycles. The summed E-state index contributed by atoms with van der Waals surface area (Å²) in [5.41, 5.74) is 1.40. The number of hydrogen-bond acceptors (Lipinski definition) is 7. The molecule has 33 heavy (non-hydrogen) atoms. The van der Waals surface area contributed by atoms with Crippen molar-refractivity contribution in [3.63, 3.8) is 0 Å². The van der Waals surface area contributed by atoms with E-state index in [4.69, 9.17) is 14.0 Å². The standard InChI is InChI=1S/C24H29BN2O6/c1-23(2)24(3,4)33-25(32-23)19(13-18-11-12-20(26-14-18)21(28)30-5)15-27-22(29)31-16-17-9-7-6-8-10-17/h6-14H,15-16H2,1-5H3,(H,27,29). The zero-order valence-corrected chi connectivity index (χ0v) is 19.6. The van der Waals surface area contributed by atoms with Crippen molar-refractivity contribution in [3.8, 4) is 0 Å². The fraction of sp³-hybridized carbons (Fsp3) is 0.375. The van der Waals surface area contributed by atoms with Gasteiger partial charge in [-0.1, -0.05) is 42.5 Å². The minimum Gasteiger partial charge on any atom is -0.464 e. The van der Waals surface area contributed by atoms with Crippen LogP contribution in [0.15, 0.2) is 54.1 Å². The lowest BCUT2D eigenvalue weighted by Crippen LogP contribution is -2.41. The van der Waals surface area contributed by atoms with Gasteiger partial charge < -0.3 is 24.1 Å². The van der Waals surface area contributed by atoms with Gasteiger partial charge in [-0.2, -0.15) is 0 Å². The molecule has 3 rings (SSSR count). The largest absolute Gasteiger partial charge is 0.492 e. The SMILES string of the molecule is COC(=O)c1ccc(C=C(CNC(=O)OCc2ccccc2)B2OC(C)(C)C(C)(C)O2)cn1. The van der Waals surface area contributed by atoms with Gasteiger partial charge >= 0.3 is 19.2 Å². The molecular formula is C24H29BN2O6. The number of pyridine rings is 1. The van der Waals surface area contributed by atoms with Gasteiger partial charge in [0.2, 0.25) is 0 Å². The van der Waals surface area contributed by atoms with E-state index in [0.29, 0.717) is 11.0 Å². The number of nitrogens with zero attached hydrogens (tertiary/aromatic N) is 1. The van der Waals surface area contributed by atoms with Crippen molar-refractivity contribution in [2.75, 3.05) is 13.7 Å². The van der Waals surface area contributed by atoms with E-state index in [-0.39, 0.29) is 18.8 Å². The second kappa shape index (κ2) is 10.2. The Morgan fingerprint density at radius 2 is 1.73 bits per heavy atom. The average Bonchev–Trinajstić information content (AvgIpc) is 3.02. The predicted octanol–water partition coefficient (Wildman–Crippen LogP) is 3.81. The maximum atomic E-state index is 12.3. The van der Waals surface area contributed by atoms with Crippen LogP contribution in [0.3, 0.4) is 0 Å². The van der Waals surface area contributed by atoms with Gasteiger partial charge in [-0.15, -0.1) is 0 Å². The average molecular weight is 452 g/mol. The third-order valence-electron chi connectivity index (χ3n) is 5.74. The molecule has 2 aromatic rings. The van der Waals surface area contributed by atoms with E-state index < -0.39 is 30.4 Å². The molecule has 2 heterocycles. The molecule has 1 fully saturated rings. The molecule has 1 aromatic heterocycles. The molecule has 8 nitrogen and oxygen atoms in total. The maximum Gasteiger partial charge on any atom is 0.492 e. The first kappa shape index (κ1) is 24.5. The molecule has 1 aliphatic heterocycles. The summed E-state index contributed by atoms with van der Waals surface area (Å²) in [6.07, 6.45) is 2.80.